The van der Waals surface area contributed by atoms with Gasteiger partial charge in [-0.3, -0.25) is 9.69 Å². The number of ether oxygens (including phenoxy) is 2. The summed E-state index contributed by atoms with van der Waals surface area (Å²) in [5, 5.41) is 27.6. The predicted octanol–water partition coefficient (Wildman–Crippen LogP) is 1.36. The van der Waals surface area contributed by atoms with Crippen LogP contribution in [0.25, 0.3) is 0 Å². The van der Waals surface area contributed by atoms with Crippen LogP contribution in [0.4, 0.5) is 4.79 Å². The molecule has 0 radical (unpaired) electrons. The van der Waals surface area contributed by atoms with Gasteiger partial charge in [-0.15, -0.1) is 5.10 Å². The third-order valence-electron chi connectivity index (χ3n) is 8.69. The van der Waals surface area contributed by atoms with Crippen LogP contribution in [0, 0.1) is 23.2 Å². The zero-order valence-corrected chi connectivity index (χ0v) is 21.3. The van der Waals surface area contributed by atoms with Gasteiger partial charge in [0.05, 0.1) is 49.3 Å². The smallest absolute Gasteiger partial charge is 0.408 e. The maximum atomic E-state index is 13.1. The Balaban J connectivity index is 1.18. The molecule has 5 atom stereocenters. The maximum Gasteiger partial charge on any atom is 0.408 e. The molecule has 1 aliphatic heterocycles. The van der Waals surface area contributed by atoms with Gasteiger partial charge >= 0.3 is 6.09 Å². The number of nitriles is 1. The second kappa shape index (κ2) is 10.6. The van der Waals surface area contributed by atoms with Gasteiger partial charge in [0.1, 0.15) is 12.6 Å². The molecule has 1 saturated heterocycles. The summed E-state index contributed by atoms with van der Waals surface area (Å²) in [5.74, 6) is 0.514. The van der Waals surface area contributed by atoms with E-state index in [2.05, 4.69) is 16.4 Å². The van der Waals surface area contributed by atoms with E-state index in [1.54, 1.807) is 15.8 Å². The van der Waals surface area contributed by atoms with Crippen molar-refractivity contribution in [2.45, 2.75) is 81.6 Å². The van der Waals surface area contributed by atoms with Crippen LogP contribution in [-0.2, 0) is 27.4 Å². The molecule has 3 N–H and O–H groups in total. The largest absolute Gasteiger partial charge is 0.465 e. The monoisotopic (exact) mass is 515 g/mol. The van der Waals surface area contributed by atoms with Gasteiger partial charge in [0.25, 0.3) is 0 Å². The van der Waals surface area contributed by atoms with E-state index in [4.69, 9.17) is 15.2 Å². The van der Waals surface area contributed by atoms with E-state index in [1.165, 1.54) is 4.90 Å². The van der Waals surface area contributed by atoms with Gasteiger partial charge in [0.15, 0.2) is 0 Å². The first-order valence-electron chi connectivity index (χ1n) is 13.4. The molecule has 2 heterocycles. The highest BCUT2D eigenvalue weighted by Gasteiger charge is 2.61. The molecule has 1 aromatic heterocycles. The number of carbonyl (C=O) groups excluding carboxylic acids is 1. The summed E-state index contributed by atoms with van der Waals surface area (Å²) in [6, 6.07) is 1.73. The van der Waals surface area contributed by atoms with Crippen LogP contribution in [0.3, 0.4) is 0 Å². The quantitative estimate of drug-likeness (QED) is 0.415. The minimum Gasteiger partial charge on any atom is -0.465 e. The number of nitrogens with two attached hydrogens (primary N) is 1. The molecule has 1 aromatic rings. The number of likely N-dealkylation sites (tertiary alicyclic amines) is 1. The van der Waals surface area contributed by atoms with Crippen molar-refractivity contribution in [1.82, 2.24) is 24.8 Å². The topological polar surface area (TPSA) is 160 Å². The van der Waals surface area contributed by atoms with E-state index >= 15 is 0 Å². The normalized spacial score (nSPS) is 32.0. The van der Waals surface area contributed by atoms with Crippen LogP contribution in [0.2, 0.25) is 0 Å². The van der Waals surface area contributed by atoms with Crippen molar-refractivity contribution >= 4 is 12.0 Å². The van der Waals surface area contributed by atoms with Gasteiger partial charge in [0, 0.05) is 19.3 Å². The molecule has 4 aliphatic carbocycles. The first kappa shape index (κ1) is 25.9. The zero-order chi connectivity index (χ0) is 26.0. The van der Waals surface area contributed by atoms with Gasteiger partial charge in [-0.25, -0.2) is 9.48 Å². The molecule has 12 nitrogen and oxygen atoms in total. The number of rotatable bonds is 11. The Bertz CT molecular complexity index is 1020. The molecule has 4 saturated carbocycles. The molecular weight excluding hydrogens is 478 g/mol. The van der Waals surface area contributed by atoms with E-state index in [1.807, 2.05) is 0 Å². The Hall–Kier alpha value is -2.75. The van der Waals surface area contributed by atoms with Gasteiger partial charge in [-0.1, -0.05) is 5.21 Å². The van der Waals surface area contributed by atoms with E-state index in [-0.39, 0.29) is 18.1 Å². The zero-order valence-electron chi connectivity index (χ0n) is 21.3. The van der Waals surface area contributed by atoms with Gasteiger partial charge in [0.2, 0.25) is 5.91 Å². The number of carboxylic acid groups (broad SMARTS) is 1. The van der Waals surface area contributed by atoms with Crippen molar-refractivity contribution in [3.63, 3.8) is 0 Å². The lowest BCUT2D eigenvalue weighted by Crippen LogP contribution is -2.68. The molecule has 0 spiro atoms. The molecule has 5 fully saturated rings. The average Bonchev–Trinajstić information content (AvgIpc) is 3.52. The van der Waals surface area contributed by atoms with Gasteiger partial charge in [-0.05, 0) is 63.2 Å². The van der Waals surface area contributed by atoms with Crippen LogP contribution in [0.1, 0.15) is 57.1 Å². The van der Waals surface area contributed by atoms with Crippen LogP contribution in [0.15, 0.2) is 6.20 Å². The van der Waals surface area contributed by atoms with E-state index in [0.29, 0.717) is 64.1 Å². The summed E-state index contributed by atoms with van der Waals surface area (Å²) >= 11 is 0. The molecule has 37 heavy (non-hydrogen) atoms. The molecular formula is C25H37N7O5. The number of hydrogen-bond acceptors (Lipinski definition) is 8. The van der Waals surface area contributed by atoms with Crippen LogP contribution in [0.5, 0.6) is 0 Å². The SMILES string of the molecule is N#C[C@@H]1CCCN1C(=O)CN(C(=O)O)C12CC3C[C@H](CC(OCCOCCn4cc(CN)nn4)(C3)C1)C2. The summed E-state index contributed by atoms with van der Waals surface area (Å²) in [6.07, 6.45) is 7.27. The van der Waals surface area contributed by atoms with Crippen LogP contribution < -0.4 is 5.73 Å². The standard InChI is InChI=1S/C25H37N7O5/c26-13-20-15-30(29-28-20)4-5-36-6-7-37-25-11-18-8-19(12-25)10-24(9-18,17-25)32(23(34)35)16-22(33)31-3-1-2-21(31)14-27/h15,18-19,21H,1-13,16-17,26H2,(H,34,35)/t18-,19?,21-,24?,25?/m0/s1. The highest BCUT2D eigenvalue weighted by molar-refractivity contribution is 5.83. The summed E-state index contributed by atoms with van der Waals surface area (Å²) < 4.78 is 13.9. The lowest BCUT2D eigenvalue weighted by Gasteiger charge is -2.63. The lowest BCUT2D eigenvalue weighted by atomic mass is 9.50. The Kier molecular flexibility index (Phi) is 7.38. The van der Waals surface area contributed by atoms with Crippen LogP contribution >= 0.6 is 0 Å². The van der Waals surface area contributed by atoms with E-state index < -0.39 is 17.7 Å². The Morgan fingerprint density at radius 1 is 1.24 bits per heavy atom. The molecule has 2 amide bonds. The van der Waals surface area contributed by atoms with Crippen molar-refractivity contribution in [2.75, 3.05) is 32.9 Å². The van der Waals surface area contributed by atoms with Crippen molar-refractivity contribution in [2.24, 2.45) is 17.6 Å². The second-order valence-corrected chi connectivity index (χ2v) is 11.2. The molecule has 12 heteroatoms. The number of hydrogen-bond donors (Lipinski definition) is 2. The van der Waals surface area contributed by atoms with Crippen molar-refractivity contribution in [1.29, 1.82) is 5.26 Å². The van der Waals surface area contributed by atoms with Crippen molar-refractivity contribution in [3.05, 3.63) is 11.9 Å². The maximum absolute atomic E-state index is 13.1. The predicted molar refractivity (Wildman–Crippen MR) is 130 cm³/mol. The molecule has 3 unspecified atom stereocenters. The number of carbonyl (C=O) groups is 2. The Morgan fingerprint density at radius 2 is 2.03 bits per heavy atom. The molecule has 0 aromatic carbocycles. The number of amides is 2. The third kappa shape index (κ3) is 5.30. The average molecular weight is 516 g/mol. The molecule has 4 bridgehead atoms. The summed E-state index contributed by atoms with van der Waals surface area (Å²) in [5.41, 5.74) is 5.32. The fourth-order valence-electron chi connectivity index (χ4n) is 7.60. The number of nitrogens with zero attached hydrogens (tertiary/aromatic N) is 6. The van der Waals surface area contributed by atoms with Crippen molar-refractivity contribution in [3.8, 4) is 6.07 Å². The summed E-state index contributed by atoms with van der Waals surface area (Å²) in [4.78, 5) is 28.5. The first-order chi connectivity index (χ1) is 17.9. The summed E-state index contributed by atoms with van der Waals surface area (Å²) in [6.45, 7) is 2.61. The minimum absolute atomic E-state index is 0.194. The highest BCUT2D eigenvalue weighted by atomic mass is 16.5. The Labute approximate surface area is 216 Å². The van der Waals surface area contributed by atoms with E-state index in [9.17, 15) is 20.0 Å². The van der Waals surface area contributed by atoms with Gasteiger partial charge < -0.3 is 25.2 Å². The second-order valence-electron chi connectivity index (χ2n) is 11.2. The van der Waals surface area contributed by atoms with Gasteiger partial charge in [-0.2, -0.15) is 5.26 Å². The van der Waals surface area contributed by atoms with Crippen LogP contribution in [-0.4, -0.2) is 92.0 Å². The lowest BCUT2D eigenvalue weighted by molar-refractivity contribution is -0.200. The highest BCUT2D eigenvalue weighted by Crippen LogP contribution is 2.60. The first-order valence-corrected chi connectivity index (χ1v) is 13.4. The summed E-state index contributed by atoms with van der Waals surface area (Å²) in [7, 11) is 0. The molecule has 202 valence electrons. The third-order valence-corrected chi connectivity index (χ3v) is 8.69. The fourth-order valence-corrected chi connectivity index (χ4v) is 7.60. The molecule has 6 rings (SSSR count). The number of aromatic nitrogens is 3. The van der Waals surface area contributed by atoms with E-state index in [0.717, 1.165) is 44.2 Å². The van der Waals surface area contributed by atoms with Crippen molar-refractivity contribution < 1.29 is 24.2 Å². The minimum atomic E-state index is -1.06. The molecule has 5 aliphatic rings. The fraction of sp³-hybridized carbons (Fsp3) is 0.800. The Morgan fingerprint density at radius 3 is 2.70 bits per heavy atom.